The fourth-order valence-electron chi connectivity index (χ4n) is 1.32. The number of ether oxygens (including phenoxy) is 1. The smallest absolute Gasteiger partial charge is 0.321 e. The van der Waals surface area contributed by atoms with Crippen LogP contribution in [0.3, 0.4) is 0 Å². The number of hydrogen-bond donors (Lipinski definition) is 2. The van der Waals surface area contributed by atoms with Gasteiger partial charge in [-0.05, 0) is 25.1 Å². The van der Waals surface area contributed by atoms with Crippen molar-refractivity contribution in [3.05, 3.63) is 18.2 Å². The maximum Gasteiger partial charge on any atom is 0.321 e. The predicted molar refractivity (Wildman–Crippen MR) is 71.7 cm³/mol. The number of benzene rings is 1. The molecule has 0 bridgehead atoms. The molecule has 0 spiro atoms. The molecule has 0 fully saturated rings. The molecule has 2 amide bonds. The zero-order chi connectivity index (χ0) is 14.6. The number of rotatable bonds is 4. The van der Waals surface area contributed by atoms with Crippen molar-refractivity contribution in [2.45, 2.75) is 11.8 Å². The second-order valence-electron chi connectivity index (χ2n) is 3.85. The minimum atomic E-state index is -3.83. The van der Waals surface area contributed by atoms with Crippen molar-refractivity contribution < 1.29 is 17.9 Å². The Kier molecular flexibility index (Phi) is 4.73. The van der Waals surface area contributed by atoms with Crippen molar-refractivity contribution in [1.82, 2.24) is 4.90 Å². The summed E-state index contributed by atoms with van der Waals surface area (Å²) in [5, 5.41) is 7.61. The molecule has 1 aromatic carbocycles. The molecule has 1 aromatic rings. The lowest BCUT2D eigenvalue weighted by Gasteiger charge is -2.17. The van der Waals surface area contributed by atoms with Gasteiger partial charge in [-0.25, -0.2) is 18.4 Å². The van der Waals surface area contributed by atoms with Crippen LogP contribution in [0.4, 0.5) is 10.5 Å². The summed E-state index contributed by atoms with van der Waals surface area (Å²) in [5.74, 6) is 0.352. The maximum atomic E-state index is 11.8. The van der Waals surface area contributed by atoms with Gasteiger partial charge in [0.1, 0.15) is 5.75 Å². The Morgan fingerprint density at radius 1 is 1.47 bits per heavy atom. The topological polar surface area (TPSA) is 102 Å². The van der Waals surface area contributed by atoms with Crippen molar-refractivity contribution in [3.63, 3.8) is 0 Å². The van der Waals surface area contributed by atoms with Crippen LogP contribution in [-0.4, -0.2) is 40.1 Å². The summed E-state index contributed by atoms with van der Waals surface area (Å²) in [4.78, 5) is 13.1. The number of anilines is 1. The summed E-state index contributed by atoms with van der Waals surface area (Å²) in [6.07, 6.45) is 0. The molecule has 8 heteroatoms. The largest absolute Gasteiger partial charge is 0.495 e. The van der Waals surface area contributed by atoms with Gasteiger partial charge in [0.05, 0.1) is 17.7 Å². The molecule has 0 aliphatic carbocycles. The number of primary sulfonamides is 1. The number of nitrogens with zero attached hydrogens (tertiary/aromatic N) is 1. The minimum absolute atomic E-state index is 0.0947. The lowest BCUT2D eigenvalue weighted by molar-refractivity contribution is 0.224. The van der Waals surface area contributed by atoms with Gasteiger partial charge in [-0.2, -0.15) is 0 Å². The highest BCUT2D eigenvalue weighted by Gasteiger charge is 2.15. The first kappa shape index (κ1) is 15.3. The van der Waals surface area contributed by atoms with Gasteiger partial charge in [0, 0.05) is 13.6 Å². The molecule has 106 valence electrons. The second kappa shape index (κ2) is 5.89. The lowest BCUT2D eigenvalue weighted by atomic mass is 10.3. The SMILES string of the molecule is CCN(C)C(=O)Nc1cc(S(N)(=O)=O)ccc1OC. The molecule has 0 saturated heterocycles. The zero-order valence-corrected chi connectivity index (χ0v) is 11.8. The third kappa shape index (κ3) is 3.83. The number of carbonyl (C=O) groups excluding carboxylic acids is 1. The fraction of sp³-hybridized carbons (Fsp3) is 0.364. The first-order valence-electron chi connectivity index (χ1n) is 5.52. The Bertz CT molecular complexity index is 571. The van der Waals surface area contributed by atoms with Gasteiger partial charge in [-0.15, -0.1) is 0 Å². The molecule has 0 atom stereocenters. The Hall–Kier alpha value is -1.80. The highest BCUT2D eigenvalue weighted by molar-refractivity contribution is 7.89. The molecule has 0 saturated carbocycles. The van der Waals surface area contributed by atoms with Crippen LogP contribution < -0.4 is 15.2 Å². The molecule has 7 nitrogen and oxygen atoms in total. The summed E-state index contributed by atoms with van der Waals surface area (Å²) in [5.41, 5.74) is 0.249. The van der Waals surface area contributed by atoms with Crippen molar-refractivity contribution >= 4 is 21.7 Å². The number of nitrogens with one attached hydrogen (secondary N) is 1. The normalized spacial score (nSPS) is 10.9. The minimum Gasteiger partial charge on any atom is -0.495 e. The standard InChI is InChI=1S/C11H17N3O4S/c1-4-14(2)11(15)13-9-7-8(19(12,16)17)5-6-10(9)18-3/h5-7H,4H2,1-3H3,(H,13,15)(H2,12,16,17). The van der Waals surface area contributed by atoms with Gasteiger partial charge in [0.15, 0.2) is 0 Å². The van der Waals surface area contributed by atoms with Crippen molar-refractivity contribution in [2.75, 3.05) is 26.0 Å². The van der Waals surface area contributed by atoms with Gasteiger partial charge in [-0.3, -0.25) is 0 Å². The van der Waals surface area contributed by atoms with E-state index in [1.165, 1.54) is 30.2 Å². The molecular weight excluding hydrogens is 270 g/mol. The zero-order valence-electron chi connectivity index (χ0n) is 11.0. The van der Waals surface area contributed by atoms with E-state index in [1.54, 1.807) is 7.05 Å². The van der Waals surface area contributed by atoms with Gasteiger partial charge in [0.2, 0.25) is 10.0 Å². The Balaban J connectivity index is 3.14. The van der Waals surface area contributed by atoms with Crippen LogP contribution in [0.25, 0.3) is 0 Å². The molecule has 3 N–H and O–H groups in total. The van der Waals surface area contributed by atoms with Gasteiger partial charge in [-0.1, -0.05) is 0 Å². The summed E-state index contributed by atoms with van der Waals surface area (Å²) < 4.78 is 27.6. The van der Waals surface area contributed by atoms with Crippen LogP contribution in [0.2, 0.25) is 0 Å². The summed E-state index contributed by atoms with van der Waals surface area (Å²) in [6, 6.07) is 3.64. The third-order valence-electron chi connectivity index (χ3n) is 2.56. The van der Waals surface area contributed by atoms with Crippen molar-refractivity contribution in [2.24, 2.45) is 5.14 Å². The molecule has 0 heterocycles. The van der Waals surface area contributed by atoms with Gasteiger partial charge >= 0.3 is 6.03 Å². The summed E-state index contributed by atoms with van der Waals surface area (Å²) in [6.45, 7) is 2.33. The third-order valence-corrected chi connectivity index (χ3v) is 3.47. The number of nitrogens with two attached hydrogens (primary N) is 1. The number of sulfonamides is 1. The monoisotopic (exact) mass is 287 g/mol. The second-order valence-corrected chi connectivity index (χ2v) is 5.41. The van der Waals surface area contributed by atoms with E-state index in [2.05, 4.69) is 5.32 Å². The molecule has 0 radical (unpaired) electrons. The number of hydrogen-bond acceptors (Lipinski definition) is 4. The van der Waals surface area contributed by atoms with E-state index in [9.17, 15) is 13.2 Å². The van der Waals surface area contributed by atoms with Crippen LogP contribution in [0.15, 0.2) is 23.1 Å². The average molecular weight is 287 g/mol. The van der Waals surface area contributed by atoms with Crippen LogP contribution in [0, 0.1) is 0 Å². The molecular formula is C11H17N3O4S. The summed E-state index contributed by atoms with van der Waals surface area (Å²) in [7, 11) is -0.794. The average Bonchev–Trinajstić information content (AvgIpc) is 2.36. The highest BCUT2D eigenvalue weighted by atomic mass is 32.2. The lowest BCUT2D eigenvalue weighted by Crippen LogP contribution is -2.31. The van der Waals surface area contributed by atoms with E-state index >= 15 is 0 Å². The van der Waals surface area contributed by atoms with Gasteiger partial charge in [0.25, 0.3) is 0 Å². The number of amides is 2. The quantitative estimate of drug-likeness (QED) is 0.856. The Labute approximate surface area is 112 Å². The highest BCUT2D eigenvalue weighted by Crippen LogP contribution is 2.27. The predicted octanol–water partition coefficient (Wildman–Crippen LogP) is 0.826. The van der Waals surface area contributed by atoms with Crippen LogP contribution in [0.5, 0.6) is 5.75 Å². The molecule has 0 aromatic heterocycles. The van der Waals surface area contributed by atoms with Crippen LogP contribution in [-0.2, 0) is 10.0 Å². The molecule has 0 unspecified atom stereocenters. The van der Waals surface area contributed by atoms with E-state index in [-0.39, 0.29) is 16.6 Å². The Morgan fingerprint density at radius 3 is 2.58 bits per heavy atom. The number of methoxy groups -OCH3 is 1. The van der Waals surface area contributed by atoms with E-state index in [1.807, 2.05) is 6.92 Å². The maximum absolute atomic E-state index is 11.8. The van der Waals surface area contributed by atoms with Crippen molar-refractivity contribution in [3.8, 4) is 5.75 Å². The van der Waals surface area contributed by atoms with Crippen LogP contribution >= 0.6 is 0 Å². The van der Waals surface area contributed by atoms with E-state index in [0.29, 0.717) is 12.3 Å². The first-order valence-corrected chi connectivity index (χ1v) is 7.07. The molecule has 0 aliphatic heterocycles. The van der Waals surface area contributed by atoms with Crippen molar-refractivity contribution in [1.29, 1.82) is 0 Å². The Morgan fingerprint density at radius 2 is 2.11 bits per heavy atom. The first-order chi connectivity index (χ1) is 8.79. The van der Waals surface area contributed by atoms with Gasteiger partial charge < -0.3 is 15.0 Å². The van der Waals surface area contributed by atoms with E-state index in [4.69, 9.17) is 9.88 Å². The van der Waals surface area contributed by atoms with Crippen LogP contribution in [0.1, 0.15) is 6.92 Å². The van der Waals surface area contributed by atoms with E-state index < -0.39 is 10.0 Å². The molecule has 1 rings (SSSR count). The van der Waals surface area contributed by atoms with E-state index in [0.717, 1.165) is 0 Å². The fourth-order valence-corrected chi connectivity index (χ4v) is 1.86. The molecule has 0 aliphatic rings. The number of carbonyl (C=O) groups is 1. The summed E-state index contributed by atoms with van der Waals surface area (Å²) >= 11 is 0. The number of urea groups is 1. The molecule has 19 heavy (non-hydrogen) atoms.